The Kier molecular flexibility index (Phi) is 8.33. The number of esters is 1. The lowest BCUT2D eigenvalue weighted by atomic mass is 9.96. The van der Waals surface area contributed by atoms with Gasteiger partial charge in [0.25, 0.3) is 5.91 Å². The van der Waals surface area contributed by atoms with E-state index in [0.29, 0.717) is 5.02 Å². The van der Waals surface area contributed by atoms with Crippen molar-refractivity contribution in [2.24, 2.45) is 0 Å². The van der Waals surface area contributed by atoms with Gasteiger partial charge in [0.05, 0.1) is 20.5 Å². The lowest BCUT2D eigenvalue weighted by molar-refractivity contribution is -0.123. The summed E-state index contributed by atoms with van der Waals surface area (Å²) in [5, 5.41) is 2.90. The number of anilines is 1. The van der Waals surface area contributed by atoms with Crippen molar-refractivity contribution in [2.75, 3.05) is 12.4 Å². The number of rotatable bonds is 7. The molecule has 11 heteroatoms. The van der Waals surface area contributed by atoms with Crippen molar-refractivity contribution in [3.05, 3.63) is 52.1 Å². The monoisotopic (exact) mass is 513 g/mol. The van der Waals surface area contributed by atoms with E-state index in [2.05, 4.69) is 10.3 Å². The maximum absolute atomic E-state index is 13.1. The third kappa shape index (κ3) is 6.23. The van der Waals surface area contributed by atoms with E-state index in [4.69, 9.17) is 27.9 Å². The number of aromatic nitrogens is 1. The molecule has 0 bridgehead atoms. The van der Waals surface area contributed by atoms with Crippen LogP contribution in [0.2, 0.25) is 10.0 Å². The van der Waals surface area contributed by atoms with Gasteiger partial charge in [0.1, 0.15) is 0 Å². The lowest BCUT2D eigenvalue weighted by Gasteiger charge is -2.30. The minimum atomic E-state index is -3.78. The summed E-state index contributed by atoms with van der Waals surface area (Å²) < 4.78 is 32.8. The third-order valence-corrected chi connectivity index (χ3v) is 7.94. The molecule has 178 valence electrons. The van der Waals surface area contributed by atoms with Gasteiger partial charge in [-0.15, -0.1) is 0 Å². The van der Waals surface area contributed by atoms with Crippen LogP contribution in [0.4, 0.5) is 5.82 Å². The highest BCUT2D eigenvalue weighted by atomic mass is 35.5. The van der Waals surface area contributed by atoms with Gasteiger partial charge < -0.3 is 10.1 Å². The van der Waals surface area contributed by atoms with E-state index >= 15 is 0 Å². The molecule has 1 heterocycles. The molecule has 1 fully saturated rings. The largest absolute Gasteiger partial charge is 0.449 e. The Labute approximate surface area is 203 Å². The number of nitrogens with one attached hydrogen (secondary N) is 1. The van der Waals surface area contributed by atoms with Gasteiger partial charge in [-0.3, -0.25) is 4.79 Å². The van der Waals surface area contributed by atoms with Crippen LogP contribution in [0.25, 0.3) is 0 Å². The molecule has 0 unspecified atom stereocenters. The molecule has 1 amide bonds. The van der Waals surface area contributed by atoms with Crippen LogP contribution in [0.5, 0.6) is 0 Å². The van der Waals surface area contributed by atoms with Gasteiger partial charge in [0, 0.05) is 19.3 Å². The van der Waals surface area contributed by atoms with E-state index in [1.54, 1.807) is 7.05 Å². The van der Waals surface area contributed by atoms with Gasteiger partial charge in [-0.25, -0.2) is 18.2 Å². The third-order valence-electron chi connectivity index (χ3n) is 5.54. The highest BCUT2D eigenvalue weighted by Gasteiger charge is 2.30. The lowest BCUT2D eigenvalue weighted by Crippen LogP contribution is -2.38. The molecule has 1 saturated carbocycles. The molecule has 33 heavy (non-hydrogen) atoms. The van der Waals surface area contributed by atoms with Gasteiger partial charge in [-0.2, -0.15) is 4.31 Å². The zero-order valence-corrected chi connectivity index (χ0v) is 20.6. The number of benzene rings is 1. The predicted molar refractivity (Wildman–Crippen MR) is 126 cm³/mol. The number of sulfonamides is 1. The fourth-order valence-corrected chi connectivity index (χ4v) is 5.49. The second-order valence-corrected chi connectivity index (χ2v) is 10.7. The average molecular weight is 514 g/mol. The minimum Gasteiger partial charge on any atom is -0.449 e. The van der Waals surface area contributed by atoms with Crippen LogP contribution >= 0.6 is 23.2 Å². The van der Waals surface area contributed by atoms with Gasteiger partial charge in [0.2, 0.25) is 10.0 Å². The fraction of sp³-hybridized carbons (Fsp3) is 0.409. The first-order chi connectivity index (χ1) is 15.6. The van der Waals surface area contributed by atoms with E-state index in [9.17, 15) is 18.0 Å². The van der Waals surface area contributed by atoms with Crippen molar-refractivity contribution in [2.45, 2.75) is 56.1 Å². The van der Waals surface area contributed by atoms with E-state index in [0.717, 1.165) is 32.1 Å². The Balaban J connectivity index is 1.69. The van der Waals surface area contributed by atoms with Crippen LogP contribution in [0.15, 0.2) is 41.4 Å². The Bertz CT molecular complexity index is 1140. The Morgan fingerprint density at radius 1 is 1.18 bits per heavy atom. The Morgan fingerprint density at radius 2 is 1.88 bits per heavy atom. The van der Waals surface area contributed by atoms with Crippen LogP contribution in [0, 0.1) is 0 Å². The van der Waals surface area contributed by atoms with Crippen molar-refractivity contribution in [3.63, 3.8) is 0 Å². The minimum absolute atomic E-state index is 0.000672. The second kappa shape index (κ2) is 10.8. The van der Waals surface area contributed by atoms with Gasteiger partial charge in [-0.05, 0) is 44.0 Å². The molecule has 1 N–H and O–H groups in total. The number of carbonyl (C=O) groups excluding carboxylic acids is 2. The first kappa shape index (κ1) is 25.4. The van der Waals surface area contributed by atoms with Crippen LogP contribution in [0.3, 0.4) is 0 Å². The van der Waals surface area contributed by atoms with E-state index < -0.39 is 28.0 Å². The number of halogens is 2. The number of carbonyl (C=O) groups is 2. The van der Waals surface area contributed by atoms with E-state index in [1.807, 2.05) is 0 Å². The number of ether oxygens (including phenoxy) is 1. The maximum Gasteiger partial charge on any atom is 0.338 e. The predicted octanol–water partition coefficient (Wildman–Crippen LogP) is 4.53. The van der Waals surface area contributed by atoms with Crippen molar-refractivity contribution < 1.29 is 22.7 Å². The molecule has 0 spiro atoms. The quantitative estimate of drug-likeness (QED) is 0.545. The highest BCUT2D eigenvalue weighted by Crippen LogP contribution is 2.27. The summed E-state index contributed by atoms with van der Waals surface area (Å²) in [7, 11) is -2.21. The first-order valence-corrected chi connectivity index (χ1v) is 12.7. The number of nitrogens with zero attached hydrogens (tertiary/aromatic N) is 2. The molecule has 1 aromatic carbocycles. The molecule has 1 aliphatic rings. The van der Waals surface area contributed by atoms with E-state index in [1.165, 1.54) is 47.8 Å². The maximum atomic E-state index is 13.1. The van der Waals surface area contributed by atoms with Crippen molar-refractivity contribution in [1.29, 1.82) is 0 Å². The first-order valence-electron chi connectivity index (χ1n) is 10.5. The normalized spacial score (nSPS) is 15.8. The Morgan fingerprint density at radius 3 is 2.55 bits per heavy atom. The number of hydrogen-bond acceptors (Lipinski definition) is 6. The number of pyridine rings is 1. The zero-order valence-electron chi connectivity index (χ0n) is 18.3. The topological polar surface area (TPSA) is 106 Å². The zero-order chi connectivity index (χ0) is 24.2. The number of hydrogen-bond donors (Lipinski definition) is 1. The molecule has 0 aliphatic heterocycles. The summed E-state index contributed by atoms with van der Waals surface area (Å²) >= 11 is 11.8. The van der Waals surface area contributed by atoms with Crippen LogP contribution in [-0.4, -0.2) is 48.8 Å². The highest BCUT2D eigenvalue weighted by molar-refractivity contribution is 7.89. The standard InChI is InChI=1S/C22H25Cl2N3O5S/c1-14(21(28)26-20-19(24)12-16(23)13-25-20)32-22(29)15-7-6-10-18(11-15)33(30,31)27(2)17-8-4-3-5-9-17/h6-7,10-14,17H,3-5,8-9H2,1-2H3,(H,25,26,28)/t14-/m0/s1. The summed E-state index contributed by atoms with van der Waals surface area (Å²) in [6.07, 6.45) is 4.86. The summed E-state index contributed by atoms with van der Waals surface area (Å²) in [5.74, 6) is -1.40. The van der Waals surface area contributed by atoms with Gasteiger partial charge in [-0.1, -0.05) is 48.5 Å². The fourth-order valence-electron chi connectivity index (χ4n) is 3.60. The molecule has 1 aliphatic carbocycles. The number of amides is 1. The van der Waals surface area contributed by atoms with Gasteiger partial charge in [0.15, 0.2) is 11.9 Å². The summed E-state index contributed by atoms with van der Waals surface area (Å²) in [6.45, 7) is 1.38. The van der Waals surface area contributed by atoms with Crippen molar-refractivity contribution in [3.8, 4) is 0 Å². The second-order valence-electron chi connectivity index (χ2n) is 7.86. The molecule has 1 atom stereocenters. The average Bonchev–Trinajstić information content (AvgIpc) is 2.80. The molecule has 3 rings (SSSR count). The van der Waals surface area contributed by atoms with E-state index in [-0.39, 0.29) is 27.3 Å². The molecule has 0 saturated heterocycles. The van der Waals surface area contributed by atoms with Crippen LogP contribution < -0.4 is 5.32 Å². The molecule has 1 aromatic heterocycles. The molecule has 0 radical (unpaired) electrons. The van der Waals surface area contributed by atoms with Crippen molar-refractivity contribution >= 4 is 50.9 Å². The summed E-state index contributed by atoms with van der Waals surface area (Å²) in [4.78, 5) is 28.9. The SMILES string of the molecule is C[C@H](OC(=O)c1cccc(S(=O)(=O)N(C)C2CCCCC2)c1)C(=O)Nc1ncc(Cl)cc1Cl. The summed E-state index contributed by atoms with van der Waals surface area (Å²) in [5.41, 5.74) is 0.0235. The molecular formula is C22H25Cl2N3O5S. The molecule has 2 aromatic rings. The molecular weight excluding hydrogens is 489 g/mol. The summed E-state index contributed by atoms with van der Waals surface area (Å²) in [6, 6.07) is 6.97. The van der Waals surface area contributed by atoms with Crippen LogP contribution in [-0.2, 0) is 19.6 Å². The smallest absolute Gasteiger partial charge is 0.338 e. The molecule has 8 nitrogen and oxygen atoms in total. The van der Waals surface area contributed by atoms with Crippen molar-refractivity contribution in [1.82, 2.24) is 9.29 Å². The Hall–Kier alpha value is -2.20. The van der Waals surface area contributed by atoms with Crippen LogP contribution in [0.1, 0.15) is 49.4 Å². The van der Waals surface area contributed by atoms with Gasteiger partial charge >= 0.3 is 5.97 Å².